The number of nitrogens with two attached hydrogens (primary N) is 1. The summed E-state index contributed by atoms with van der Waals surface area (Å²) in [6.45, 7) is 4.80. The molecule has 15 N–H and O–H groups in total. The lowest BCUT2D eigenvalue weighted by atomic mass is 9.98. The summed E-state index contributed by atoms with van der Waals surface area (Å²) in [6, 6.07) is 7.89. The van der Waals surface area contributed by atoms with Gasteiger partial charge in [0.05, 0.1) is 25.7 Å². The number of benzene rings is 3. The van der Waals surface area contributed by atoms with Gasteiger partial charge < -0.3 is 78.5 Å². The Morgan fingerprint density at radius 2 is 1.20 bits per heavy atom. The van der Waals surface area contributed by atoms with Gasteiger partial charge in [0.2, 0.25) is 65.0 Å². The van der Waals surface area contributed by atoms with Crippen LogP contribution in [-0.4, -0.2) is 174 Å². The number of aliphatic hydroxyl groups is 1. The van der Waals surface area contributed by atoms with Gasteiger partial charge in [0.15, 0.2) is 0 Å². The molecule has 2 aliphatic rings. The number of amides is 11. The third-order valence-corrected chi connectivity index (χ3v) is 15.5. The Hall–Kier alpha value is -9.99. The van der Waals surface area contributed by atoms with Crippen molar-refractivity contribution in [2.75, 3.05) is 19.7 Å². The molecule has 0 bridgehead atoms. The standard InChI is InChI=1S/C61H76N16O12/c1-4-65-60(88)50-14-9-19-77(50)61(89)48(26-51(62)79)75-54(82)43(20-33(2)3)70-55(83)44(22-34-15-16-35-10-5-6-11-36(35)21-34)71-57(85)47(25-39-29-64-32-68-39)74-59(87)49(30-78)76-56(84)45(23-37-27-66-41-13-8-7-12-40(37)41)72-58(86)46(24-38-28-63-31-67-38)73-53(81)42-17-18-52(80)69-42/h5-8,10-13,15-16,21,27-29,31-33,42-50,66,78H,4,9,14,17-20,22-26,30H2,1-3H3,(H2,62,79)(H,63,67)(H,64,68)(H,65,88)(H,69,80)(H,70,83)(H,71,85)(H,72,86)(H,73,81)(H,74,87)(H,75,82)(H,76,84)/t42-,43-,44+,45-,46-,47-,48-,49-,50-/m0/s1. The normalized spacial score (nSPS) is 17.0. The van der Waals surface area contributed by atoms with E-state index in [1.165, 1.54) is 29.9 Å². The summed E-state index contributed by atoms with van der Waals surface area (Å²) < 4.78 is 0. The van der Waals surface area contributed by atoms with Crippen LogP contribution < -0.4 is 53.6 Å². The number of nitrogens with zero attached hydrogens (tertiary/aromatic N) is 3. The maximum absolute atomic E-state index is 14.9. The summed E-state index contributed by atoms with van der Waals surface area (Å²) in [7, 11) is 0. The molecule has 3 aromatic carbocycles. The molecule has 9 atom stereocenters. The number of hydrogen-bond donors (Lipinski definition) is 14. The number of aromatic nitrogens is 5. The second kappa shape index (κ2) is 30.6. The molecule has 0 aliphatic carbocycles. The Morgan fingerprint density at radius 3 is 1.80 bits per heavy atom. The Bertz CT molecular complexity index is 3520. The fourth-order valence-electron chi connectivity index (χ4n) is 11.0. The third kappa shape index (κ3) is 17.6. The van der Waals surface area contributed by atoms with Gasteiger partial charge in [-0.3, -0.25) is 52.7 Å². The lowest BCUT2D eigenvalue weighted by molar-refractivity contribution is -0.143. The number of hydrogen-bond acceptors (Lipinski definition) is 14. The molecule has 11 amide bonds. The first-order valence-corrected chi connectivity index (χ1v) is 29.6. The maximum atomic E-state index is 14.9. The van der Waals surface area contributed by atoms with E-state index in [1.54, 1.807) is 51.2 Å². The Labute approximate surface area is 511 Å². The molecule has 2 aliphatic heterocycles. The number of fused-ring (bicyclic) bond motifs is 2. The predicted molar refractivity (Wildman–Crippen MR) is 323 cm³/mol. The van der Waals surface area contributed by atoms with Gasteiger partial charge in [-0.2, -0.15) is 0 Å². The van der Waals surface area contributed by atoms with E-state index in [2.05, 4.69) is 72.8 Å². The summed E-state index contributed by atoms with van der Waals surface area (Å²) >= 11 is 0. The Balaban J connectivity index is 1.03. The van der Waals surface area contributed by atoms with Crippen LogP contribution in [0.1, 0.15) is 81.8 Å². The largest absolute Gasteiger partial charge is 0.394 e. The molecule has 28 heteroatoms. The van der Waals surface area contributed by atoms with Gasteiger partial charge in [-0.1, -0.05) is 74.5 Å². The summed E-state index contributed by atoms with van der Waals surface area (Å²) in [5, 5.41) is 37.2. The van der Waals surface area contributed by atoms with Gasteiger partial charge in [0, 0.05) is 86.1 Å². The summed E-state index contributed by atoms with van der Waals surface area (Å²) in [4.78, 5) is 171. The first-order valence-electron chi connectivity index (χ1n) is 29.6. The minimum absolute atomic E-state index is 0.0136. The molecule has 472 valence electrons. The van der Waals surface area contributed by atoms with Crippen LogP contribution in [0.15, 0.2) is 98.0 Å². The number of likely N-dealkylation sites (N-methyl/N-ethyl adjacent to an activating group) is 1. The molecule has 0 saturated carbocycles. The van der Waals surface area contributed by atoms with Crippen LogP contribution in [0, 0.1) is 5.92 Å². The van der Waals surface area contributed by atoms with Crippen molar-refractivity contribution in [3.05, 3.63) is 120 Å². The number of aromatic amines is 3. The number of likely N-dealkylation sites (tertiary alicyclic amines) is 1. The lowest BCUT2D eigenvalue weighted by Gasteiger charge is -2.30. The van der Waals surface area contributed by atoms with E-state index in [0.29, 0.717) is 52.8 Å². The highest BCUT2D eigenvalue weighted by molar-refractivity contribution is 6.00. The number of carbonyl (C=O) groups is 11. The molecule has 2 fully saturated rings. The van der Waals surface area contributed by atoms with E-state index in [0.717, 1.165) is 10.8 Å². The molecule has 28 nitrogen and oxygen atoms in total. The number of carbonyl (C=O) groups excluding carboxylic acids is 11. The molecule has 0 unspecified atom stereocenters. The van der Waals surface area contributed by atoms with Crippen molar-refractivity contribution < 1.29 is 57.8 Å². The zero-order valence-corrected chi connectivity index (χ0v) is 49.6. The first kappa shape index (κ1) is 65.0. The molecule has 6 aromatic rings. The van der Waals surface area contributed by atoms with Crippen molar-refractivity contribution in [1.82, 2.24) is 77.7 Å². The minimum atomic E-state index is -1.77. The van der Waals surface area contributed by atoms with Crippen molar-refractivity contribution >= 4 is 86.7 Å². The monoisotopic (exact) mass is 1220 g/mol. The van der Waals surface area contributed by atoms with E-state index in [-0.39, 0.29) is 63.3 Å². The average molecular weight is 1230 g/mol. The number of para-hydroxylation sites is 1. The molecular weight excluding hydrogens is 1150 g/mol. The maximum Gasteiger partial charge on any atom is 0.246 e. The second-order valence-electron chi connectivity index (χ2n) is 22.7. The van der Waals surface area contributed by atoms with E-state index in [1.807, 2.05) is 42.5 Å². The van der Waals surface area contributed by atoms with E-state index < -0.39 is 126 Å². The van der Waals surface area contributed by atoms with Crippen LogP contribution >= 0.6 is 0 Å². The lowest BCUT2D eigenvalue weighted by Crippen LogP contribution is -2.62. The Kier molecular flexibility index (Phi) is 22.3. The Morgan fingerprint density at radius 1 is 0.640 bits per heavy atom. The summed E-state index contributed by atoms with van der Waals surface area (Å²) in [6.07, 6.45) is 7.07. The number of rotatable bonds is 30. The highest BCUT2D eigenvalue weighted by Gasteiger charge is 2.40. The number of aliphatic hydroxyl groups excluding tert-OH is 1. The number of primary amides is 1. The molecule has 5 heterocycles. The zero-order valence-electron chi connectivity index (χ0n) is 49.6. The summed E-state index contributed by atoms with van der Waals surface area (Å²) in [5.41, 5.74) is 8.27. The fraction of sp³-hybridized carbons (Fsp3) is 0.426. The van der Waals surface area contributed by atoms with Crippen LogP contribution in [0.3, 0.4) is 0 Å². The van der Waals surface area contributed by atoms with Crippen LogP contribution in [-0.2, 0) is 78.4 Å². The van der Waals surface area contributed by atoms with Gasteiger partial charge in [-0.15, -0.1) is 0 Å². The van der Waals surface area contributed by atoms with E-state index in [4.69, 9.17) is 5.73 Å². The summed E-state index contributed by atoms with van der Waals surface area (Å²) in [5.74, 6) is -8.67. The highest BCUT2D eigenvalue weighted by Crippen LogP contribution is 2.23. The molecule has 0 spiro atoms. The van der Waals surface area contributed by atoms with Gasteiger partial charge >= 0.3 is 0 Å². The molecule has 3 aromatic heterocycles. The number of H-pyrrole nitrogens is 3. The topological polar surface area (TPSA) is 419 Å². The van der Waals surface area contributed by atoms with Crippen LogP contribution in [0.25, 0.3) is 21.7 Å². The van der Waals surface area contributed by atoms with Crippen molar-refractivity contribution in [3.8, 4) is 0 Å². The minimum Gasteiger partial charge on any atom is -0.394 e. The van der Waals surface area contributed by atoms with Gasteiger partial charge in [0.25, 0.3) is 0 Å². The van der Waals surface area contributed by atoms with Crippen molar-refractivity contribution in [3.63, 3.8) is 0 Å². The van der Waals surface area contributed by atoms with Crippen LogP contribution in [0.5, 0.6) is 0 Å². The van der Waals surface area contributed by atoms with Crippen LogP contribution in [0.4, 0.5) is 0 Å². The SMILES string of the molecule is CCNC(=O)[C@@H]1CCCN1C(=O)[C@H](CC(N)=O)NC(=O)[C@H](CC(C)C)NC(=O)[C@@H](Cc1ccc2ccccc2c1)NC(=O)[C@H](Cc1cnc[nH]1)NC(=O)[C@H](CO)NC(=O)[C@H](Cc1c[nH]c2ccccc12)NC(=O)[C@H](Cc1cnc[nH]1)NC(=O)[C@@H]1CCC(=O)N1. The van der Waals surface area contributed by atoms with E-state index >= 15 is 0 Å². The van der Waals surface area contributed by atoms with Gasteiger partial charge in [-0.25, -0.2) is 9.97 Å². The fourth-order valence-corrected chi connectivity index (χ4v) is 11.0. The number of imidazole rings is 2. The van der Waals surface area contributed by atoms with Crippen molar-refractivity contribution in [2.45, 2.75) is 139 Å². The molecule has 8 rings (SSSR count). The smallest absolute Gasteiger partial charge is 0.246 e. The van der Waals surface area contributed by atoms with E-state index in [9.17, 15) is 57.8 Å². The third-order valence-electron chi connectivity index (χ3n) is 15.5. The zero-order chi connectivity index (χ0) is 63.7. The molecular formula is C61H76N16O12. The molecule has 2 saturated heterocycles. The van der Waals surface area contributed by atoms with Crippen molar-refractivity contribution in [2.24, 2.45) is 11.7 Å². The highest BCUT2D eigenvalue weighted by atomic mass is 16.3. The van der Waals surface area contributed by atoms with Crippen LogP contribution in [0.2, 0.25) is 0 Å². The first-order chi connectivity index (χ1) is 42.8. The quantitative estimate of drug-likeness (QED) is 0.0251. The molecule has 89 heavy (non-hydrogen) atoms. The number of nitrogens with one attached hydrogen (secondary N) is 12. The van der Waals surface area contributed by atoms with Gasteiger partial charge in [-0.05, 0) is 66.5 Å². The second-order valence-corrected chi connectivity index (χ2v) is 22.7. The van der Waals surface area contributed by atoms with Crippen molar-refractivity contribution in [1.29, 1.82) is 0 Å². The predicted octanol–water partition coefficient (Wildman–Crippen LogP) is -1.25. The average Bonchev–Trinajstić information content (AvgIpc) is 3.53. The molecule has 0 radical (unpaired) electrons. The van der Waals surface area contributed by atoms with Gasteiger partial charge in [0.1, 0.15) is 54.4 Å².